The number of carbonyl (C=O) groups is 1. The van der Waals surface area contributed by atoms with Gasteiger partial charge in [-0.05, 0) is 0 Å². The van der Waals surface area contributed by atoms with Crippen LogP contribution in [0, 0.1) is 39.7 Å². The normalized spacial score (nSPS) is 9.94. The number of hydrogen-bond acceptors (Lipinski definition) is 3. The van der Waals surface area contributed by atoms with Crippen molar-refractivity contribution in [3.8, 4) is 0 Å². The molecule has 1 heterocycles. The van der Waals surface area contributed by atoms with E-state index in [4.69, 9.17) is 4.74 Å². The van der Waals surface area contributed by atoms with Gasteiger partial charge in [-0.15, -0.1) is 0 Å². The van der Waals surface area contributed by atoms with E-state index >= 15 is 0 Å². The van der Waals surface area contributed by atoms with Crippen LogP contribution in [-0.4, -0.2) is 5.72 Å². The molecule has 0 bridgehead atoms. The Balaban J connectivity index is 2.41. The Labute approximate surface area is 120 Å². The van der Waals surface area contributed by atoms with Crippen molar-refractivity contribution in [3.63, 3.8) is 0 Å². The number of para-hydroxylation sites is 1. The zero-order valence-electron chi connectivity index (χ0n) is 9.42. The number of carbonyl (C=O) groups excluding carboxylic acids is 1. The fourth-order valence-corrected chi connectivity index (χ4v) is 2.58. The summed E-state index contributed by atoms with van der Waals surface area (Å²) in [5, 5.41) is 0.962. The summed E-state index contributed by atoms with van der Waals surface area (Å²) >= 11 is -1.47. The number of rotatable bonds is 3. The number of ether oxygens (including phenoxy) is 1. The summed E-state index contributed by atoms with van der Waals surface area (Å²) in [4.78, 5) is 22.9. The van der Waals surface area contributed by atoms with Gasteiger partial charge in [-0.25, -0.2) is 0 Å². The predicted octanol–water partition coefficient (Wildman–Crippen LogP) is 2.23. The maximum atomic E-state index is 11.7. The minimum atomic E-state index is -1.47. The van der Waals surface area contributed by atoms with Crippen LogP contribution in [0.3, 0.4) is 0 Å². The van der Waals surface area contributed by atoms with Crippen LogP contribution in [0.25, 0.3) is 10.9 Å². The van der Waals surface area contributed by atoms with Crippen molar-refractivity contribution in [2.75, 3.05) is 0 Å². The Morgan fingerprint density at radius 1 is 1.29 bits per heavy atom. The van der Waals surface area contributed by atoms with E-state index in [1.165, 1.54) is 10.6 Å². The summed E-state index contributed by atoms with van der Waals surface area (Å²) in [5.74, 6) is 0. The number of fused-ring (bicyclic) bond motifs is 1. The third-order valence-corrected chi connectivity index (χ3v) is 5.09. The third kappa shape index (κ3) is 2.97. The van der Waals surface area contributed by atoms with Gasteiger partial charge < -0.3 is 0 Å². The summed E-state index contributed by atoms with van der Waals surface area (Å²) in [6, 6.07) is 10.8. The van der Waals surface area contributed by atoms with Crippen LogP contribution < -0.4 is 5.56 Å². The second-order valence-corrected chi connectivity index (χ2v) is 7.85. The van der Waals surface area contributed by atoms with Crippen molar-refractivity contribution in [3.05, 3.63) is 46.8 Å². The quantitative estimate of drug-likeness (QED) is 0.730. The second-order valence-electron chi connectivity index (χ2n) is 3.54. The molecule has 0 amide bonds. The zero-order chi connectivity index (χ0) is 12.3. The maximum absolute atomic E-state index is 11.7. The third-order valence-electron chi connectivity index (χ3n) is 2.47. The van der Waals surface area contributed by atoms with Crippen LogP contribution in [0.4, 0.5) is 4.79 Å². The van der Waals surface area contributed by atoms with Gasteiger partial charge in [0.25, 0.3) is 0 Å². The predicted molar refractivity (Wildman–Crippen MR) is 60.6 cm³/mol. The first-order chi connectivity index (χ1) is 8.22. The van der Waals surface area contributed by atoms with Gasteiger partial charge in [0.05, 0.1) is 0 Å². The van der Waals surface area contributed by atoms with Gasteiger partial charge in [0.15, 0.2) is 0 Å². The molecule has 17 heavy (non-hydrogen) atoms. The molecule has 2 aromatic rings. The first kappa shape index (κ1) is 12.8. The monoisotopic (exact) mass is 444 g/mol. The van der Waals surface area contributed by atoms with Crippen molar-refractivity contribution >= 4 is 12.1 Å². The molecule has 0 fully saturated rings. The van der Waals surface area contributed by atoms with Crippen molar-refractivity contribution in [2.45, 2.75) is 8.83 Å². The van der Waals surface area contributed by atoms with Crippen LogP contribution in [0.15, 0.2) is 41.2 Å². The SMILES string of the molecule is [CH3][Ac][C](=O)OCn1c(=O)ccc2ccccc21. The van der Waals surface area contributed by atoms with Crippen LogP contribution in [0.2, 0.25) is 2.10 Å². The molecule has 0 N–H and O–H groups in total. The molecular formula is C12H11AcNO3. The Morgan fingerprint density at radius 3 is 2.82 bits per heavy atom. The Hall–Kier alpha value is -0.658. The van der Waals surface area contributed by atoms with E-state index in [1.807, 2.05) is 26.4 Å². The average Bonchev–Trinajstić information content (AvgIpc) is 2.37. The average molecular weight is 444 g/mol. The Bertz CT molecular complexity index is 606. The summed E-state index contributed by atoms with van der Waals surface area (Å²) in [7, 11) is 0. The molecular weight excluding hydrogens is 433 g/mol. The number of hydrogen-bond donors (Lipinski definition) is 0. The summed E-state index contributed by atoms with van der Waals surface area (Å²) in [5.41, 5.74) is 0.643. The fourth-order valence-electron chi connectivity index (χ4n) is 1.59. The minimum absolute atomic E-state index is 0.0200. The number of nitrogens with zero attached hydrogens (tertiary/aromatic N) is 1. The van der Waals surface area contributed by atoms with Gasteiger partial charge in [-0.3, -0.25) is 0 Å². The van der Waals surface area contributed by atoms with Gasteiger partial charge in [0.1, 0.15) is 0 Å². The fraction of sp³-hybridized carbons (Fsp3) is 0.167. The van der Waals surface area contributed by atoms with Crippen LogP contribution in [-0.2, 0) is 11.5 Å². The van der Waals surface area contributed by atoms with Gasteiger partial charge in [0.2, 0.25) is 0 Å². The summed E-state index contributed by atoms with van der Waals surface area (Å²) in [6.07, 6.45) is 0. The van der Waals surface area contributed by atoms with Gasteiger partial charge in [0, 0.05) is 0 Å². The molecule has 1 aromatic carbocycles. The molecule has 5 heteroatoms. The van der Waals surface area contributed by atoms with Gasteiger partial charge >= 0.3 is 121 Å². The van der Waals surface area contributed by atoms with E-state index in [-0.39, 0.29) is 13.4 Å². The first-order valence-corrected chi connectivity index (χ1v) is 12.4. The van der Waals surface area contributed by atoms with E-state index in [1.54, 1.807) is 6.07 Å². The van der Waals surface area contributed by atoms with E-state index in [2.05, 4.69) is 0 Å². The standard InChI is InChI=1S/C11H8NO3.CH3.Ac/c13-8-15-7-12-10-4-2-1-3-9(10)5-6-11(12)14;;/h1-6H,7H2;1H3;. The molecule has 0 saturated heterocycles. The summed E-state index contributed by atoms with van der Waals surface area (Å²) in [6.45, 7) is 0.0200. The second kappa shape index (κ2) is 5.79. The van der Waals surface area contributed by atoms with E-state index in [0.717, 1.165) is 10.9 Å². The molecule has 4 nitrogen and oxygen atoms in total. The molecule has 0 aliphatic rings. The molecule has 0 unspecified atom stereocenters. The van der Waals surface area contributed by atoms with Gasteiger partial charge in [-0.1, -0.05) is 0 Å². The molecule has 0 saturated carbocycles. The van der Waals surface area contributed by atoms with Crippen molar-refractivity contribution < 1.29 is 49.2 Å². The molecule has 2 rings (SSSR count). The van der Waals surface area contributed by atoms with Crippen LogP contribution in [0.1, 0.15) is 0 Å². The number of pyridine rings is 1. The van der Waals surface area contributed by atoms with Crippen LogP contribution in [0.5, 0.6) is 0 Å². The molecule has 0 aliphatic heterocycles. The zero-order valence-corrected chi connectivity index (χ0v) is 14.2. The van der Waals surface area contributed by atoms with Crippen molar-refractivity contribution in [1.29, 1.82) is 0 Å². The number of aromatic nitrogens is 1. The van der Waals surface area contributed by atoms with E-state index < -0.39 is 39.7 Å². The Kier molecular flexibility index (Phi) is 4.36. The molecule has 0 atom stereocenters. The molecule has 0 aliphatic carbocycles. The van der Waals surface area contributed by atoms with Crippen molar-refractivity contribution in [1.82, 2.24) is 4.57 Å². The summed E-state index contributed by atoms with van der Waals surface area (Å²) < 4.78 is 8.41. The van der Waals surface area contributed by atoms with Gasteiger partial charge in [-0.2, -0.15) is 0 Å². The van der Waals surface area contributed by atoms with Crippen molar-refractivity contribution in [2.24, 2.45) is 0 Å². The number of benzene rings is 1. The van der Waals surface area contributed by atoms with E-state index in [9.17, 15) is 9.59 Å². The molecule has 0 spiro atoms. The topological polar surface area (TPSA) is 48.3 Å². The van der Waals surface area contributed by atoms with E-state index in [0.29, 0.717) is 0 Å². The Morgan fingerprint density at radius 2 is 2.06 bits per heavy atom. The molecule has 1 aromatic heterocycles. The molecule has 0 radical (unpaired) electrons. The molecule has 85 valence electrons. The first-order valence-electron chi connectivity index (χ1n) is 5.27. The van der Waals surface area contributed by atoms with Crippen LogP contribution >= 0.6 is 0 Å².